The van der Waals surface area contributed by atoms with Crippen molar-refractivity contribution in [3.8, 4) is 0 Å². The summed E-state index contributed by atoms with van der Waals surface area (Å²) in [7, 11) is 1.88. The maximum Gasteiger partial charge on any atom is 0.330 e. The molecule has 0 bridgehead atoms. The lowest BCUT2D eigenvalue weighted by molar-refractivity contribution is -0.138. The minimum Gasteiger partial charge on any atom is -0.462 e. The lowest BCUT2D eigenvalue weighted by Crippen LogP contribution is -2.44. The van der Waals surface area contributed by atoms with Crippen LogP contribution in [0, 0.1) is 6.92 Å². The number of amides is 1. The summed E-state index contributed by atoms with van der Waals surface area (Å²) in [5.41, 5.74) is 0.690. The van der Waals surface area contributed by atoms with Crippen LogP contribution in [-0.4, -0.2) is 40.5 Å². The number of likely N-dealkylation sites (tertiary alicyclic amines) is 1. The topological polar surface area (TPSA) is 64.7 Å². The fourth-order valence-electron chi connectivity index (χ4n) is 3.44. The Bertz CT molecular complexity index is 818. The highest BCUT2D eigenvalue weighted by molar-refractivity contribution is 5.93. The van der Waals surface area contributed by atoms with Crippen molar-refractivity contribution in [3.63, 3.8) is 0 Å². The number of carbonyl (C=O) groups is 2. The van der Waals surface area contributed by atoms with Crippen LogP contribution in [0.25, 0.3) is 6.08 Å². The van der Waals surface area contributed by atoms with E-state index in [9.17, 15) is 9.59 Å². The van der Waals surface area contributed by atoms with Crippen LogP contribution in [0.4, 0.5) is 0 Å². The molecular formula is C21H26N2O4. The molecule has 6 heteroatoms. The van der Waals surface area contributed by atoms with Gasteiger partial charge in [-0.3, -0.25) is 4.79 Å². The van der Waals surface area contributed by atoms with Crippen LogP contribution in [0.5, 0.6) is 0 Å². The normalized spacial score (nSPS) is 17.4. The van der Waals surface area contributed by atoms with Crippen molar-refractivity contribution in [1.82, 2.24) is 9.47 Å². The molecule has 0 saturated carbocycles. The molecule has 3 rings (SSSR count). The van der Waals surface area contributed by atoms with E-state index in [0.717, 1.165) is 31.6 Å². The number of rotatable bonds is 6. The highest BCUT2D eigenvalue weighted by Crippen LogP contribution is 2.22. The molecule has 2 aromatic heterocycles. The van der Waals surface area contributed by atoms with Gasteiger partial charge in [0.15, 0.2) is 0 Å². The summed E-state index contributed by atoms with van der Waals surface area (Å²) in [6, 6.07) is 7.46. The van der Waals surface area contributed by atoms with Gasteiger partial charge in [0.1, 0.15) is 17.2 Å². The van der Waals surface area contributed by atoms with E-state index in [0.29, 0.717) is 24.5 Å². The number of hydrogen-bond acceptors (Lipinski definition) is 4. The van der Waals surface area contributed by atoms with E-state index < -0.39 is 5.97 Å². The van der Waals surface area contributed by atoms with E-state index in [-0.39, 0.29) is 11.9 Å². The second kappa shape index (κ2) is 8.75. The number of esters is 1. The zero-order chi connectivity index (χ0) is 19.2. The van der Waals surface area contributed by atoms with Gasteiger partial charge in [-0.15, -0.1) is 0 Å². The number of hydrogen-bond donors (Lipinski definition) is 0. The van der Waals surface area contributed by atoms with E-state index >= 15 is 0 Å². The van der Waals surface area contributed by atoms with Crippen LogP contribution in [0.15, 0.2) is 41.0 Å². The smallest absolute Gasteiger partial charge is 0.330 e. The van der Waals surface area contributed by atoms with Gasteiger partial charge in [-0.25, -0.2) is 4.79 Å². The fourth-order valence-corrected chi connectivity index (χ4v) is 3.44. The van der Waals surface area contributed by atoms with Gasteiger partial charge in [-0.2, -0.15) is 0 Å². The molecule has 1 amide bonds. The molecule has 1 unspecified atom stereocenters. The van der Waals surface area contributed by atoms with Crippen molar-refractivity contribution in [2.75, 3.05) is 13.2 Å². The Labute approximate surface area is 159 Å². The van der Waals surface area contributed by atoms with E-state index in [4.69, 9.17) is 9.15 Å². The number of ether oxygens (including phenoxy) is 1. The van der Waals surface area contributed by atoms with Crippen molar-refractivity contribution in [2.24, 2.45) is 7.05 Å². The quantitative estimate of drug-likeness (QED) is 0.576. The maximum atomic E-state index is 12.8. The van der Waals surface area contributed by atoms with Gasteiger partial charge >= 0.3 is 5.97 Å². The summed E-state index contributed by atoms with van der Waals surface area (Å²) in [4.78, 5) is 26.6. The summed E-state index contributed by atoms with van der Waals surface area (Å²) in [6.07, 6.45) is 8.53. The van der Waals surface area contributed by atoms with Gasteiger partial charge in [-0.05, 0) is 56.5 Å². The summed E-state index contributed by atoms with van der Waals surface area (Å²) in [5.74, 6) is 1.06. The highest BCUT2D eigenvalue weighted by atomic mass is 16.5. The molecule has 0 aliphatic carbocycles. The lowest BCUT2D eigenvalue weighted by Gasteiger charge is -2.35. The van der Waals surface area contributed by atoms with Crippen LogP contribution in [0.3, 0.4) is 0 Å². The molecule has 1 fully saturated rings. The molecule has 1 aliphatic rings. The number of aryl methyl sites for hydroxylation is 2. The van der Waals surface area contributed by atoms with Gasteiger partial charge in [-0.1, -0.05) is 0 Å². The first-order valence-corrected chi connectivity index (χ1v) is 9.38. The minimum absolute atomic E-state index is 0.0478. The zero-order valence-corrected chi connectivity index (χ0v) is 15.9. The van der Waals surface area contributed by atoms with Crippen LogP contribution >= 0.6 is 0 Å². The van der Waals surface area contributed by atoms with E-state index in [2.05, 4.69) is 0 Å². The molecule has 1 atom stereocenters. The molecule has 0 spiro atoms. The SMILES string of the molecule is Cc1ccc(/C=C/C(=O)OCCC2CCCCN2C(=O)c2cccn2C)o1. The first-order chi connectivity index (χ1) is 13.0. The molecule has 1 saturated heterocycles. The van der Waals surface area contributed by atoms with Gasteiger partial charge in [0, 0.05) is 38.3 Å². The molecule has 27 heavy (non-hydrogen) atoms. The average Bonchev–Trinajstić information content (AvgIpc) is 3.28. The second-order valence-corrected chi connectivity index (χ2v) is 6.89. The van der Waals surface area contributed by atoms with Gasteiger partial charge in [0.25, 0.3) is 5.91 Å². The van der Waals surface area contributed by atoms with Crippen molar-refractivity contribution in [2.45, 2.75) is 38.6 Å². The summed E-state index contributed by atoms with van der Waals surface area (Å²) < 4.78 is 12.5. The molecular weight excluding hydrogens is 344 g/mol. The third kappa shape index (κ3) is 4.90. The van der Waals surface area contributed by atoms with E-state index in [1.165, 1.54) is 6.08 Å². The molecule has 1 aliphatic heterocycles. The molecule has 0 N–H and O–H groups in total. The second-order valence-electron chi connectivity index (χ2n) is 6.89. The standard InChI is InChI=1S/C21H26N2O4/c1-16-8-9-18(27-16)10-11-20(24)26-15-12-17-6-3-4-14-23(17)21(25)19-7-5-13-22(19)2/h5,7-11,13,17H,3-4,6,12,14-15H2,1-2H3/b11-10+. The molecule has 144 valence electrons. The molecule has 0 aromatic carbocycles. The molecule has 3 heterocycles. The van der Waals surface area contributed by atoms with Crippen molar-refractivity contribution >= 4 is 18.0 Å². The number of furan rings is 1. The van der Waals surface area contributed by atoms with Crippen molar-refractivity contribution in [1.29, 1.82) is 0 Å². The first kappa shape index (κ1) is 19.0. The van der Waals surface area contributed by atoms with E-state index in [1.807, 2.05) is 47.8 Å². The van der Waals surface area contributed by atoms with Crippen LogP contribution < -0.4 is 0 Å². The summed E-state index contributed by atoms with van der Waals surface area (Å²) >= 11 is 0. The Morgan fingerprint density at radius 2 is 2.15 bits per heavy atom. The Hall–Kier alpha value is -2.76. The lowest BCUT2D eigenvalue weighted by atomic mass is 9.99. The Balaban J connectivity index is 1.51. The monoisotopic (exact) mass is 370 g/mol. The van der Waals surface area contributed by atoms with Crippen molar-refractivity contribution in [3.05, 3.63) is 53.8 Å². The predicted molar refractivity (Wildman–Crippen MR) is 102 cm³/mol. The maximum absolute atomic E-state index is 12.8. The van der Waals surface area contributed by atoms with Crippen LogP contribution in [0.2, 0.25) is 0 Å². The molecule has 6 nitrogen and oxygen atoms in total. The molecule has 0 radical (unpaired) electrons. The zero-order valence-electron chi connectivity index (χ0n) is 15.9. The Kier molecular flexibility index (Phi) is 6.16. The largest absolute Gasteiger partial charge is 0.462 e. The van der Waals surface area contributed by atoms with Crippen molar-refractivity contribution < 1.29 is 18.7 Å². The van der Waals surface area contributed by atoms with Gasteiger partial charge in [0.05, 0.1) is 6.61 Å². The number of piperidine rings is 1. The van der Waals surface area contributed by atoms with Gasteiger partial charge in [0.2, 0.25) is 0 Å². The van der Waals surface area contributed by atoms with Crippen LogP contribution in [-0.2, 0) is 16.6 Å². The third-order valence-corrected chi connectivity index (χ3v) is 4.89. The highest BCUT2D eigenvalue weighted by Gasteiger charge is 2.28. The third-order valence-electron chi connectivity index (χ3n) is 4.89. The van der Waals surface area contributed by atoms with Crippen LogP contribution in [0.1, 0.15) is 47.7 Å². The summed E-state index contributed by atoms with van der Waals surface area (Å²) in [5, 5.41) is 0. The number of carbonyl (C=O) groups excluding carboxylic acids is 2. The summed E-state index contributed by atoms with van der Waals surface area (Å²) in [6.45, 7) is 2.89. The Morgan fingerprint density at radius 3 is 2.85 bits per heavy atom. The Morgan fingerprint density at radius 1 is 1.30 bits per heavy atom. The minimum atomic E-state index is -0.403. The number of aromatic nitrogens is 1. The predicted octanol–water partition coefficient (Wildman–Crippen LogP) is 3.57. The molecule has 2 aromatic rings. The number of nitrogens with zero attached hydrogens (tertiary/aromatic N) is 2. The fraction of sp³-hybridized carbons (Fsp3) is 0.429. The van der Waals surface area contributed by atoms with Gasteiger partial charge < -0.3 is 18.6 Å². The first-order valence-electron chi connectivity index (χ1n) is 9.38. The average molecular weight is 370 g/mol. The van der Waals surface area contributed by atoms with E-state index in [1.54, 1.807) is 12.1 Å².